The molecular weight excluding hydrogens is 440 g/mol. The van der Waals surface area contributed by atoms with Gasteiger partial charge >= 0.3 is 0 Å². The number of anilines is 3. The molecule has 1 amide bonds. The predicted molar refractivity (Wildman–Crippen MR) is 140 cm³/mol. The summed E-state index contributed by atoms with van der Waals surface area (Å²) in [5, 5.41) is 24.6. The fraction of sp³-hybridized carbons (Fsp3) is 0.296. The lowest BCUT2D eigenvalue weighted by molar-refractivity contribution is 0.0941. The van der Waals surface area contributed by atoms with E-state index in [-0.39, 0.29) is 5.91 Å². The Hall–Kier alpha value is -3.91. The number of aryl methyl sites for hydroxylation is 1. The highest BCUT2D eigenvalue weighted by Crippen LogP contribution is 2.28. The van der Waals surface area contributed by atoms with E-state index in [9.17, 15) is 9.90 Å². The number of carbonyl (C=O) groups excluding carboxylic acids is 1. The summed E-state index contributed by atoms with van der Waals surface area (Å²) in [5.74, 6) is 0.563. The molecule has 2 aromatic carbocycles. The number of para-hydroxylation sites is 1. The summed E-state index contributed by atoms with van der Waals surface area (Å²) in [5.41, 5.74) is 4.64. The second-order valence-corrected chi connectivity index (χ2v) is 9.26. The first-order chi connectivity index (χ1) is 16.7. The Kier molecular flexibility index (Phi) is 7.02. The van der Waals surface area contributed by atoms with E-state index in [4.69, 9.17) is 5.10 Å². The molecule has 8 nitrogen and oxygen atoms in total. The fourth-order valence-electron chi connectivity index (χ4n) is 3.75. The summed E-state index contributed by atoms with van der Waals surface area (Å²) >= 11 is 0. The highest BCUT2D eigenvalue weighted by Gasteiger charge is 2.18. The van der Waals surface area contributed by atoms with E-state index >= 15 is 0 Å². The number of aliphatic hydroxyl groups is 1. The molecule has 2 aromatic heterocycles. The minimum absolute atomic E-state index is 0.0698. The zero-order valence-electron chi connectivity index (χ0n) is 20.6. The molecule has 4 rings (SSSR count). The van der Waals surface area contributed by atoms with Gasteiger partial charge in [-0.3, -0.25) is 4.79 Å². The molecule has 8 heteroatoms. The number of amides is 1. The number of imidazole rings is 1. The van der Waals surface area contributed by atoms with Crippen LogP contribution < -0.4 is 16.0 Å². The van der Waals surface area contributed by atoms with E-state index < -0.39 is 5.60 Å². The van der Waals surface area contributed by atoms with Crippen molar-refractivity contribution in [2.75, 3.05) is 23.7 Å². The molecule has 2 heterocycles. The van der Waals surface area contributed by atoms with Crippen LogP contribution in [0, 0.1) is 6.92 Å². The van der Waals surface area contributed by atoms with E-state index in [1.165, 1.54) is 0 Å². The van der Waals surface area contributed by atoms with Gasteiger partial charge in [0.25, 0.3) is 5.91 Å². The smallest absolute Gasteiger partial charge is 0.251 e. The summed E-state index contributed by atoms with van der Waals surface area (Å²) in [6, 6.07) is 17.4. The van der Waals surface area contributed by atoms with Gasteiger partial charge in [-0.05, 0) is 57.0 Å². The van der Waals surface area contributed by atoms with Crippen molar-refractivity contribution >= 4 is 28.7 Å². The molecule has 35 heavy (non-hydrogen) atoms. The molecule has 0 fully saturated rings. The molecule has 0 spiro atoms. The van der Waals surface area contributed by atoms with Crippen molar-refractivity contribution in [3.05, 3.63) is 71.9 Å². The Morgan fingerprint density at radius 3 is 2.57 bits per heavy atom. The summed E-state index contributed by atoms with van der Waals surface area (Å²) in [7, 11) is 0. The monoisotopic (exact) mass is 472 g/mol. The van der Waals surface area contributed by atoms with Crippen LogP contribution in [-0.4, -0.2) is 44.3 Å². The zero-order chi connectivity index (χ0) is 25.0. The van der Waals surface area contributed by atoms with Gasteiger partial charge in [0.1, 0.15) is 0 Å². The number of carbonyl (C=O) groups is 1. The first-order valence-corrected chi connectivity index (χ1v) is 11.8. The van der Waals surface area contributed by atoms with E-state index in [1.54, 1.807) is 24.6 Å². The third-order valence-electron chi connectivity index (χ3n) is 5.53. The maximum Gasteiger partial charge on any atom is 0.251 e. The predicted octanol–water partition coefficient (Wildman–Crippen LogP) is 4.77. The van der Waals surface area contributed by atoms with Crippen LogP contribution in [-0.2, 0) is 0 Å². The van der Waals surface area contributed by atoms with Crippen LogP contribution >= 0.6 is 0 Å². The summed E-state index contributed by atoms with van der Waals surface area (Å²) in [6.07, 6.45) is 2.66. The third kappa shape index (κ3) is 5.78. The van der Waals surface area contributed by atoms with Crippen molar-refractivity contribution in [1.82, 2.24) is 19.9 Å². The van der Waals surface area contributed by atoms with Crippen molar-refractivity contribution in [3.8, 4) is 11.3 Å². The SMILES string of the molecule is CCCNC(=O)c1ccc(-c2cnc3c(NCC(C)(C)O)cc(Nc4ccccc4)nn23)cc1C. The van der Waals surface area contributed by atoms with Crippen molar-refractivity contribution in [2.45, 2.75) is 39.7 Å². The summed E-state index contributed by atoms with van der Waals surface area (Å²) in [4.78, 5) is 17.1. The largest absolute Gasteiger partial charge is 0.389 e. The van der Waals surface area contributed by atoms with Crippen LogP contribution in [0.1, 0.15) is 43.1 Å². The summed E-state index contributed by atoms with van der Waals surface area (Å²) < 4.78 is 1.78. The van der Waals surface area contributed by atoms with Gasteiger partial charge in [0, 0.05) is 36.0 Å². The van der Waals surface area contributed by atoms with Gasteiger partial charge in [0.15, 0.2) is 11.5 Å². The number of hydrogen-bond donors (Lipinski definition) is 4. The van der Waals surface area contributed by atoms with E-state index in [0.29, 0.717) is 30.1 Å². The van der Waals surface area contributed by atoms with Crippen LogP contribution in [0.3, 0.4) is 0 Å². The van der Waals surface area contributed by atoms with Gasteiger partial charge in [-0.15, -0.1) is 5.10 Å². The summed E-state index contributed by atoms with van der Waals surface area (Å²) in [6.45, 7) is 8.45. The standard InChI is InChI=1S/C27H32N6O2/c1-5-13-28-26(34)21-12-11-19(14-18(21)2)23-16-29-25-22(30-17-27(3,4)35)15-24(32-33(23)25)31-20-9-7-6-8-10-20/h6-12,14-16,30,35H,5,13,17H2,1-4H3,(H,28,34)(H,31,32). The molecule has 0 radical (unpaired) electrons. The van der Waals surface area contributed by atoms with Crippen molar-refractivity contribution in [1.29, 1.82) is 0 Å². The topological polar surface area (TPSA) is 104 Å². The molecule has 0 aliphatic heterocycles. The van der Waals surface area contributed by atoms with Gasteiger partial charge in [-0.1, -0.05) is 31.2 Å². The highest BCUT2D eigenvalue weighted by atomic mass is 16.3. The quantitative estimate of drug-likeness (QED) is 0.280. The van der Waals surface area contributed by atoms with Crippen LogP contribution in [0.2, 0.25) is 0 Å². The Bertz CT molecular complexity index is 1330. The van der Waals surface area contributed by atoms with Crippen LogP contribution in [0.25, 0.3) is 16.9 Å². The lowest BCUT2D eigenvalue weighted by Gasteiger charge is -2.19. The molecule has 0 aliphatic carbocycles. The van der Waals surface area contributed by atoms with Gasteiger partial charge in [-0.25, -0.2) is 9.50 Å². The second kappa shape index (κ2) is 10.1. The van der Waals surface area contributed by atoms with E-state index in [2.05, 4.69) is 20.9 Å². The molecular formula is C27H32N6O2. The lowest BCUT2D eigenvalue weighted by Crippen LogP contribution is -2.29. The highest BCUT2D eigenvalue weighted by molar-refractivity contribution is 5.96. The normalized spacial score (nSPS) is 11.5. The average Bonchev–Trinajstić information content (AvgIpc) is 3.25. The number of nitrogens with zero attached hydrogens (tertiary/aromatic N) is 3. The number of rotatable bonds is 9. The van der Waals surface area contributed by atoms with Crippen LogP contribution in [0.5, 0.6) is 0 Å². The van der Waals surface area contributed by atoms with Gasteiger partial charge in [0.05, 0.1) is 23.2 Å². The van der Waals surface area contributed by atoms with Crippen molar-refractivity contribution in [2.24, 2.45) is 0 Å². The Balaban J connectivity index is 1.75. The molecule has 4 aromatic rings. The Morgan fingerprint density at radius 1 is 1.11 bits per heavy atom. The van der Waals surface area contributed by atoms with E-state index in [1.807, 2.05) is 68.4 Å². The maximum absolute atomic E-state index is 12.5. The first kappa shape index (κ1) is 24.2. The molecule has 0 saturated carbocycles. The van der Waals surface area contributed by atoms with Crippen LogP contribution in [0.4, 0.5) is 17.2 Å². The number of aromatic nitrogens is 3. The zero-order valence-corrected chi connectivity index (χ0v) is 20.6. The van der Waals surface area contributed by atoms with Gasteiger partial charge < -0.3 is 21.1 Å². The minimum atomic E-state index is -0.895. The third-order valence-corrected chi connectivity index (χ3v) is 5.53. The fourth-order valence-corrected chi connectivity index (χ4v) is 3.75. The molecule has 0 unspecified atom stereocenters. The molecule has 0 aliphatic rings. The first-order valence-electron chi connectivity index (χ1n) is 11.8. The van der Waals surface area contributed by atoms with Crippen LogP contribution in [0.15, 0.2) is 60.8 Å². The Labute approximate surface area is 205 Å². The number of nitrogens with one attached hydrogen (secondary N) is 3. The lowest BCUT2D eigenvalue weighted by atomic mass is 10.0. The number of benzene rings is 2. The molecule has 182 valence electrons. The molecule has 0 bridgehead atoms. The molecule has 0 saturated heterocycles. The van der Waals surface area contributed by atoms with Crippen molar-refractivity contribution < 1.29 is 9.90 Å². The Morgan fingerprint density at radius 2 is 1.89 bits per heavy atom. The van der Waals surface area contributed by atoms with E-state index in [0.717, 1.165) is 34.6 Å². The number of fused-ring (bicyclic) bond motifs is 1. The van der Waals surface area contributed by atoms with Gasteiger partial charge in [-0.2, -0.15) is 0 Å². The van der Waals surface area contributed by atoms with Gasteiger partial charge in [0.2, 0.25) is 0 Å². The van der Waals surface area contributed by atoms with Crippen molar-refractivity contribution in [3.63, 3.8) is 0 Å². The maximum atomic E-state index is 12.5. The number of hydrogen-bond acceptors (Lipinski definition) is 6. The second-order valence-electron chi connectivity index (χ2n) is 9.26. The average molecular weight is 473 g/mol. The molecule has 4 N–H and O–H groups in total. The minimum Gasteiger partial charge on any atom is -0.389 e. The molecule has 0 atom stereocenters.